The van der Waals surface area contributed by atoms with Gasteiger partial charge in [0, 0.05) is 57.7 Å². The molecular weight excluding hydrogens is 375 g/mol. The molecule has 3 heterocycles. The van der Waals surface area contributed by atoms with E-state index in [0.29, 0.717) is 19.6 Å². The summed E-state index contributed by atoms with van der Waals surface area (Å²) in [6.07, 6.45) is 4.16. The number of hydrogen-bond acceptors (Lipinski definition) is 6. The standard InChI is InChI=1S/C20H25FN6O2/c1-22-19(26-7-9-27(10-8-26)20-23-4-2-5-24-20)25-6-3-15-11-17(21)12-16-13-28-14-29-18(15)16/h2,4-5,11-12H,3,6-10,13-14H2,1H3,(H,22,25). The minimum Gasteiger partial charge on any atom is -0.467 e. The molecule has 0 spiro atoms. The fourth-order valence-corrected chi connectivity index (χ4v) is 3.66. The summed E-state index contributed by atoms with van der Waals surface area (Å²) in [5.41, 5.74) is 1.60. The number of nitrogens with zero attached hydrogens (tertiary/aromatic N) is 5. The molecule has 0 atom stereocenters. The van der Waals surface area contributed by atoms with Crippen LogP contribution >= 0.6 is 0 Å². The van der Waals surface area contributed by atoms with Gasteiger partial charge in [0.15, 0.2) is 12.8 Å². The van der Waals surface area contributed by atoms with Crippen molar-refractivity contribution < 1.29 is 13.9 Å². The van der Waals surface area contributed by atoms with Gasteiger partial charge >= 0.3 is 0 Å². The summed E-state index contributed by atoms with van der Waals surface area (Å²) in [6.45, 7) is 4.53. The van der Waals surface area contributed by atoms with E-state index in [4.69, 9.17) is 9.47 Å². The average Bonchev–Trinajstić information content (AvgIpc) is 2.77. The Bertz CT molecular complexity index is 856. The lowest BCUT2D eigenvalue weighted by Gasteiger charge is -2.36. The van der Waals surface area contributed by atoms with E-state index in [2.05, 4.69) is 30.1 Å². The summed E-state index contributed by atoms with van der Waals surface area (Å²) in [7, 11) is 1.78. The zero-order valence-electron chi connectivity index (χ0n) is 16.5. The second kappa shape index (κ2) is 9.04. The number of nitrogens with one attached hydrogen (secondary N) is 1. The molecule has 0 aliphatic carbocycles. The summed E-state index contributed by atoms with van der Waals surface area (Å²) in [4.78, 5) is 17.4. The maximum atomic E-state index is 13.9. The predicted octanol–water partition coefficient (Wildman–Crippen LogP) is 1.42. The van der Waals surface area contributed by atoms with Crippen LogP contribution in [0.4, 0.5) is 10.3 Å². The molecule has 0 saturated carbocycles. The van der Waals surface area contributed by atoms with Crippen LogP contribution in [0.1, 0.15) is 11.1 Å². The summed E-state index contributed by atoms with van der Waals surface area (Å²) >= 11 is 0. The first-order valence-electron chi connectivity index (χ1n) is 9.74. The van der Waals surface area contributed by atoms with Gasteiger partial charge < -0.3 is 24.6 Å². The number of benzene rings is 1. The molecule has 2 aromatic rings. The molecular formula is C20H25FN6O2. The van der Waals surface area contributed by atoms with E-state index in [1.54, 1.807) is 19.4 Å². The fourth-order valence-electron chi connectivity index (χ4n) is 3.66. The molecule has 1 aromatic carbocycles. The van der Waals surface area contributed by atoms with Crippen molar-refractivity contribution in [2.24, 2.45) is 4.99 Å². The Kier molecular flexibility index (Phi) is 6.04. The van der Waals surface area contributed by atoms with Crippen molar-refractivity contribution in [2.75, 3.05) is 51.5 Å². The Morgan fingerprint density at radius 3 is 2.76 bits per heavy atom. The van der Waals surface area contributed by atoms with Crippen molar-refractivity contribution in [1.29, 1.82) is 0 Å². The molecule has 1 saturated heterocycles. The number of piperazine rings is 1. The number of halogens is 1. The summed E-state index contributed by atoms with van der Waals surface area (Å²) in [5, 5.41) is 3.39. The Labute approximate surface area is 169 Å². The van der Waals surface area contributed by atoms with Crippen molar-refractivity contribution in [3.05, 3.63) is 47.5 Å². The molecule has 29 heavy (non-hydrogen) atoms. The van der Waals surface area contributed by atoms with E-state index in [9.17, 15) is 4.39 Å². The molecule has 1 fully saturated rings. The molecule has 0 bridgehead atoms. The number of ether oxygens (including phenoxy) is 2. The number of rotatable bonds is 4. The maximum absolute atomic E-state index is 13.9. The molecule has 9 heteroatoms. The molecule has 1 N–H and O–H groups in total. The first kappa shape index (κ1) is 19.4. The van der Waals surface area contributed by atoms with E-state index in [1.165, 1.54) is 12.1 Å². The van der Waals surface area contributed by atoms with Crippen LogP contribution in [0.2, 0.25) is 0 Å². The van der Waals surface area contributed by atoms with E-state index in [0.717, 1.165) is 55.0 Å². The van der Waals surface area contributed by atoms with Crippen molar-refractivity contribution in [1.82, 2.24) is 20.2 Å². The van der Waals surface area contributed by atoms with Crippen LogP contribution in [0.25, 0.3) is 0 Å². The third kappa shape index (κ3) is 4.56. The summed E-state index contributed by atoms with van der Waals surface area (Å²) in [5.74, 6) is 2.07. The minimum atomic E-state index is -0.267. The Morgan fingerprint density at radius 1 is 1.21 bits per heavy atom. The molecule has 8 nitrogen and oxygen atoms in total. The zero-order valence-corrected chi connectivity index (χ0v) is 16.5. The largest absolute Gasteiger partial charge is 0.467 e. The van der Waals surface area contributed by atoms with Gasteiger partial charge in [0.05, 0.1) is 6.61 Å². The molecule has 0 amide bonds. The Morgan fingerprint density at radius 2 is 2.00 bits per heavy atom. The van der Waals surface area contributed by atoms with Crippen LogP contribution in [0, 0.1) is 5.82 Å². The predicted molar refractivity (Wildman–Crippen MR) is 108 cm³/mol. The number of aromatic nitrogens is 2. The zero-order chi connectivity index (χ0) is 20.1. The number of anilines is 1. The maximum Gasteiger partial charge on any atom is 0.225 e. The van der Waals surface area contributed by atoms with Crippen LogP contribution in [0.3, 0.4) is 0 Å². The van der Waals surface area contributed by atoms with Gasteiger partial charge in [-0.1, -0.05) is 0 Å². The molecule has 0 unspecified atom stereocenters. The highest BCUT2D eigenvalue weighted by atomic mass is 19.1. The first-order chi connectivity index (χ1) is 14.2. The normalized spacial score (nSPS) is 17.0. The summed E-state index contributed by atoms with van der Waals surface area (Å²) < 4.78 is 24.7. The minimum absolute atomic E-state index is 0.204. The van der Waals surface area contributed by atoms with E-state index in [1.807, 2.05) is 6.07 Å². The molecule has 4 rings (SSSR count). The van der Waals surface area contributed by atoms with Gasteiger partial charge in [-0.25, -0.2) is 14.4 Å². The van der Waals surface area contributed by atoms with E-state index in [-0.39, 0.29) is 12.6 Å². The van der Waals surface area contributed by atoms with Gasteiger partial charge in [-0.15, -0.1) is 0 Å². The highest BCUT2D eigenvalue weighted by molar-refractivity contribution is 5.80. The van der Waals surface area contributed by atoms with Crippen molar-refractivity contribution >= 4 is 11.9 Å². The molecule has 2 aliphatic heterocycles. The van der Waals surface area contributed by atoms with Crippen LogP contribution in [0.15, 0.2) is 35.6 Å². The van der Waals surface area contributed by atoms with Crippen LogP contribution in [0.5, 0.6) is 5.75 Å². The quantitative estimate of drug-likeness (QED) is 0.615. The Hall–Kier alpha value is -2.94. The highest BCUT2D eigenvalue weighted by Crippen LogP contribution is 2.29. The number of fused-ring (bicyclic) bond motifs is 1. The smallest absolute Gasteiger partial charge is 0.225 e. The summed E-state index contributed by atoms with van der Waals surface area (Å²) in [6, 6.07) is 4.83. The number of guanidine groups is 1. The lowest BCUT2D eigenvalue weighted by atomic mass is 10.1. The van der Waals surface area contributed by atoms with Crippen molar-refractivity contribution in [2.45, 2.75) is 13.0 Å². The first-order valence-corrected chi connectivity index (χ1v) is 9.74. The van der Waals surface area contributed by atoms with Gasteiger partial charge in [0.1, 0.15) is 11.6 Å². The lowest BCUT2D eigenvalue weighted by molar-refractivity contribution is -0.0172. The Balaban J connectivity index is 1.31. The van der Waals surface area contributed by atoms with Crippen LogP contribution in [-0.2, 0) is 17.8 Å². The topological polar surface area (TPSA) is 75.1 Å². The monoisotopic (exact) mass is 400 g/mol. The van der Waals surface area contributed by atoms with Gasteiger partial charge in [-0.3, -0.25) is 4.99 Å². The molecule has 0 radical (unpaired) electrons. The highest BCUT2D eigenvalue weighted by Gasteiger charge is 2.21. The van der Waals surface area contributed by atoms with Gasteiger partial charge in [0.2, 0.25) is 5.95 Å². The fraction of sp³-hybridized carbons (Fsp3) is 0.450. The second-order valence-electron chi connectivity index (χ2n) is 6.91. The number of hydrogen-bond donors (Lipinski definition) is 1. The van der Waals surface area contributed by atoms with E-state index < -0.39 is 0 Å². The SMILES string of the molecule is CN=C(NCCc1cc(F)cc2c1OCOC2)N1CCN(c2ncccn2)CC1. The molecule has 2 aliphatic rings. The number of aliphatic imine (C=N–C) groups is 1. The van der Waals surface area contributed by atoms with Crippen molar-refractivity contribution in [3.8, 4) is 5.75 Å². The molecule has 154 valence electrons. The van der Waals surface area contributed by atoms with E-state index >= 15 is 0 Å². The van der Waals surface area contributed by atoms with Crippen LogP contribution in [-0.4, -0.2) is 67.4 Å². The molecule has 1 aromatic heterocycles. The van der Waals surface area contributed by atoms with Crippen molar-refractivity contribution in [3.63, 3.8) is 0 Å². The third-order valence-electron chi connectivity index (χ3n) is 5.06. The van der Waals surface area contributed by atoms with Gasteiger partial charge in [-0.2, -0.15) is 0 Å². The average molecular weight is 400 g/mol. The van der Waals surface area contributed by atoms with Gasteiger partial charge in [-0.05, 0) is 30.2 Å². The van der Waals surface area contributed by atoms with Crippen LogP contribution < -0.4 is 15.0 Å². The van der Waals surface area contributed by atoms with Gasteiger partial charge in [0.25, 0.3) is 0 Å². The third-order valence-corrected chi connectivity index (χ3v) is 5.06. The second-order valence-corrected chi connectivity index (χ2v) is 6.91. The lowest BCUT2D eigenvalue weighted by Crippen LogP contribution is -2.53.